The molecule has 0 aliphatic carbocycles. The van der Waals surface area contributed by atoms with Gasteiger partial charge < -0.3 is 5.32 Å². The molecule has 2 aromatic carbocycles. The highest BCUT2D eigenvalue weighted by molar-refractivity contribution is 5.95. The monoisotopic (exact) mass is 298 g/mol. The maximum atomic E-state index is 12.3. The number of carbonyl (C=O) groups excluding carboxylic acids is 1. The zero-order chi connectivity index (χ0) is 16.1. The van der Waals surface area contributed by atoms with Crippen LogP contribution in [0.2, 0.25) is 0 Å². The number of hydrogen-bond donors (Lipinski definition) is 1. The third kappa shape index (κ3) is 3.69. The summed E-state index contributed by atoms with van der Waals surface area (Å²) >= 11 is 0. The predicted octanol–water partition coefficient (Wildman–Crippen LogP) is 3.78. The Labute approximate surface area is 129 Å². The standard InChI is InChI=1S/C17H18N2O3/c1-3-16(13-9-7-12(2)8-10-13)18-17(20)14-5-4-6-15(11-14)19(21)22/h4-11,16H,3H2,1-2H3,(H,18,20)/t16-/m0/s1. The van der Waals surface area contributed by atoms with Crippen LogP contribution in [0.4, 0.5) is 5.69 Å². The van der Waals surface area contributed by atoms with Crippen molar-refractivity contribution in [1.82, 2.24) is 5.32 Å². The lowest BCUT2D eigenvalue weighted by Crippen LogP contribution is -2.28. The molecule has 0 heterocycles. The van der Waals surface area contributed by atoms with Crippen LogP contribution in [0.25, 0.3) is 0 Å². The zero-order valence-corrected chi connectivity index (χ0v) is 12.6. The molecule has 114 valence electrons. The third-order valence-corrected chi connectivity index (χ3v) is 3.51. The molecule has 1 atom stereocenters. The van der Waals surface area contributed by atoms with E-state index in [1.54, 1.807) is 6.07 Å². The van der Waals surface area contributed by atoms with Crippen molar-refractivity contribution >= 4 is 11.6 Å². The third-order valence-electron chi connectivity index (χ3n) is 3.51. The molecule has 5 nitrogen and oxygen atoms in total. The molecule has 22 heavy (non-hydrogen) atoms. The molecular weight excluding hydrogens is 280 g/mol. The molecule has 1 N–H and O–H groups in total. The average molecular weight is 298 g/mol. The number of hydrogen-bond acceptors (Lipinski definition) is 3. The molecule has 0 fully saturated rings. The largest absolute Gasteiger partial charge is 0.345 e. The summed E-state index contributed by atoms with van der Waals surface area (Å²) in [4.78, 5) is 22.6. The van der Waals surface area contributed by atoms with Gasteiger partial charge in [-0.15, -0.1) is 0 Å². The van der Waals surface area contributed by atoms with Crippen LogP contribution in [-0.2, 0) is 0 Å². The molecule has 0 spiro atoms. The fraction of sp³-hybridized carbons (Fsp3) is 0.235. The van der Waals surface area contributed by atoms with E-state index in [1.807, 2.05) is 38.1 Å². The van der Waals surface area contributed by atoms with Gasteiger partial charge in [0.05, 0.1) is 11.0 Å². The Balaban J connectivity index is 2.17. The van der Waals surface area contributed by atoms with Gasteiger partial charge in [0, 0.05) is 17.7 Å². The van der Waals surface area contributed by atoms with Crippen molar-refractivity contribution < 1.29 is 9.72 Å². The van der Waals surface area contributed by atoms with Gasteiger partial charge in [0.25, 0.3) is 11.6 Å². The molecule has 0 radical (unpaired) electrons. The van der Waals surface area contributed by atoms with E-state index in [4.69, 9.17) is 0 Å². The number of non-ortho nitro benzene ring substituents is 1. The van der Waals surface area contributed by atoms with Crippen LogP contribution >= 0.6 is 0 Å². The molecule has 0 aromatic heterocycles. The molecule has 0 aliphatic rings. The second-order valence-electron chi connectivity index (χ2n) is 5.15. The van der Waals surface area contributed by atoms with Gasteiger partial charge in [0.2, 0.25) is 0 Å². The quantitative estimate of drug-likeness (QED) is 0.674. The van der Waals surface area contributed by atoms with Crippen LogP contribution in [0.5, 0.6) is 0 Å². The van der Waals surface area contributed by atoms with Gasteiger partial charge in [-0.1, -0.05) is 42.8 Å². The average Bonchev–Trinajstić information content (AvgIpc) is 2.53. The lowest BCUT2D eigenvalue weighted by atomic mass is 10.0. The molecule has 0 bridgehead atoms. The van der Waals surface area contributed by atoms with Crippen molar-refractivity contribution in [1.29, 1.82) is 0 Å². The number of nitrogens with zero attached hydrogens (tertiary/aromatic N) is 1. The Kier molecular flexibility index (Phi) is 4.88. The first kappa shape index (κ1) is 15.7. The second-order valence-corrected chi connectivity index (χ2v) is 5.15. The molecule has 0 aliphatic heterocycles. The minimum absolute atomic E-state index is 0.0870. The van der Waals surface area contributed by atoms with E-state index in [1.165, 1.54) is 18.2 Å². The van der Waals surface area contributed by atoms with Crippen molar-refractivity contribution in [3.05, 3.63) is 75.3 Å². The topological polar surface area (TPSA) is 72.2 Å². The number of nitro groups is 1. The molecule has 0 unspecified atom stereocenters. The Morgan fingerprint density at radius 3 is 2.50 bits per heavy atom. The van der Waals surface area contributed by atoms with E-state index in [2.05, 4.69) is 5.32 Å². The Hall–Kier alpha value is -2.69. The van der Waals surface area contributed by atoms with Gasteiger partial charge in [-0.25, -0.2) is 0 Å². The zero-order valence-electron chi connectivity index (χ0n) is 12.6. The summed E-state index contributed by atoms with van der Waals surface area (Å²) in [5.41, 5.74) is 2.38. The lowest BCUT2D eigenvalue weighted by Gasteiger charge is -2.17. The number of rotatable bonds is 5. The van der Waals surface area contributed by atoms with E-state index >= 15 is 0 Å². The Bertz CT molecular complexity index is 681. The van der Waals surface area contributed by atoms with Crippen LogP contribution in [-0.4, -0.2) is 10.8 Å². The van der Waals surface area contributed by atoms with Crippen molar-refractivity contribution in [3.63, 3.8) is 0 Å². The first-order valence-corrected chi connectivity index (χ1v) is 7.13. The summed E-state index contributed by atoms with van der Waals surface area (Å²) < 4.78 is 0. The summed E-state index contributed by atoms with van der Waals surface area (Å²) in [5, 5.41) is 13.7. The van der Waals surface area contributed by atoms with Gasteiger partial charge in [0.15, 0.2) is 0 Å². The summed E-state index contributed by atoms with van der Waals surface area (Å²) in [6.45, 7) is 3.99. The number of nitro benzene ring substituents is 1. The van der Waals surface area contributed by atoms with Crippen molar-refractivity contribution in [3.8, 4) is 0 Å². The highest BCUT2D eigenvalue weighted by Gasteiger charge is 2.16. The molecular formula is C17H18N2O3. The number of amides is 1. The fourth-order valence-electron chi connectivity index (χ4n) is 2.22. The maximum Gasteiger partial charge on any atom is 0.270 e. The number of aryl methyl sites for hydroxylation is 1. The minimum atomic E-state index is -0.506. The highest BCUT2D eigenvalue weighted by Crippen LogP contribution is 2.19. The smallest absolute Gasteiger partial charge is 0.270 e. The van der Waals surface area contributed by atoms with E-state index < -0.39 is 4.92 Å². The van der Waals surface area contributed by atoms with E-state index in [9.17, 15) is 14.9 Å². The maximum absolute atomic E-state index is 12.3. The fourth-order valence-corrected chi connectivity index (χ4v) is 2.22. The summed E-state index contributed by atoms with van der Waals surface area (Å²) in [6.07, 6.45) is 0.740. The van der Waals surface area contributed by atoms with Gasteiger partial charge in [-0.05, 0) is 25.0 Å². The molecule has 0 saturated carbocycles. The van der Waals surface area contributed by atoms with Gasteiger partial charge in [-0.3, -0.25) is 14.9 Å². The van der Waals surface area contributed by atoms with Crippen molar-refractivity contribution in [2.45, 2.75) is 26.3 Å². The SMILES string of the molecule is CC[C@H](NC(=O)c1cccc([N+](=O)[O-])c1)c1ccc(C)cc1. The van der Waals surface area contributed by atoms with Crippen LogP contribution < -0.4 is 5.32 Å². The molecule has 2 aromatic rings. The van der Waals surface area contributed by atoms with Crippen molar-refractivity contribution in [2.75, 3.05) is 0 Å². The summed E-state index contributed by atoms with van der Waals surface area (Å²) in [5.74, 6) is -0.309. The molecule has 2 rings (SSSR count). The minimum Gasteiger partial charge on any atom is -0.345 e. The summed E-state index contributed by atoms with van der Waals surface area (Å²) in [7, 11) is 0. The first-order valence-electron chi connectivity index (χ1n) is 7.13. The Morgan fingerprint density at radius 2 is 1.91 bits per heavy atom. The van der Waals surface area contributed by atoms with Gasteiger partial charge in [-0.2, -0.15) is 0 Å². The molecule has 5 heteroatoms. The van der Waals surface area contributed by atoms with E-state index in [0.29, 0.717) is 5.56 Å². The van der Waals surface area contributed by atoms with Crippen molar-refractivity contribution in [2.24, 2.45) is 0 Å². The molecule has 0 saturated heterocycles. The summed E-state index contributed by atoms with van der Waals surface area (Å²) in [6, 6.07) is 13.6. The van der Waals surface area contributed by atoms with Crippen LogP contribution in [0.15, 0.2) is 48.5 Å². The number of nitrogens with one attached hydrogen (secondary N) is 1. The first-order chi connectivity index (χ1) is 10.5. The van der Waals surface area contributed by atoms with E-state index in [0.717, 1.165) is 17.5 Å². The lowest BCUT2D eigenvalue weighted by molar-refractivity contribution is -0.384. The normalized spacial score (nSPS) is 11.7. The van der Waals surface area contributed by atoms with Crippen LogP contribution in [0.1, 0.15) is 40.9 Å². The second kappa shape index (κ2) is 6.85. The number of benzene rings is 2. The Morgan fingerprint density at radius 1 is 1.23 bits per heavy atom. The van der Waals surface area contributed by atoms with Crippen LogP contribution in [0.3, 0.4) is 0 Å². The predicted molar refractivity (Wildman–Crippen MR) is 84.8 cm³/mol. The van der Waals surface area contributed by atoms with E-state index in [-0.39, 0.29) is 17.6 Å². The number of carbonyl (C=O) groups is 1. The molecule has 1 amide bonds. The highest BCUT2D eigenvalue weighted by atomic mass is 16.6. The van der Waals surface area contributed by atoms with Gasteiger partial charge >= 0.3 is 0 Å². The van der Waals surface area contributed by atoms with Crippen LogP contribution in [0, 0.1) is 17.0 Å². The van der Waals surface area contributed by atoms with Gasteiger partial charge in [0.1, 0.15) is 0 Å².